The molecule has 0 spiro atoms. The molecule has 4 nitrogen and oxygen atoms in total. The van der Waals surface area contributed by atoms with E-state index in [-0.39, 0.29) is 18.4 Å². The highest BCUT2D eigenvalue weighted by Crippen LogP contribution is 2.20. The SMILES string of the molecule is CC1CC(NS(=O)(=O)c2cccc(C(C)C)c2)CCN1.Cl. The van der Waals surface area contributed by atoms with Gasteiger partial charge >= 0.3 is 0 Å². The summed E-state index contributed by atoms with van der Waals surface area (Å²) in [6, 6.07) is 7.61. The molecule has 1 saturated heterocycles. The average molecular weight is 333 g/mol. The van der Waals surface area contributed by atoms with Crippen LogP contribution in [0.2, 0.25) is 0 Å². The number of piperidine rings is 1. The van der Waals surface area contributed by atoms with Crippen LogP contribution in [0, 0.1) is 0 Å². The Labute approximate surface area is 134 Å². The van der Waals surface area contributed by atoms with Crippen LogP contribution in [-0.2, 0) is 10.0 Å². The summed E-state index contributed by atoms with van der Waals surface area (Å²) in [7, 11) is -3.42. The van der Waals surface area contributed by atoms with Crippen molar-refractivity contribution in [2.45, 2.75) is 56.5 Å². The Morgan fingerprint density at radius 1 is 1.33 bits per heavy atom. The van der Waals surface area contributed by atoms with E-state index in [2.05, 4.69) is 30.8 Å². The maximum atomic E-state index is 12.5. The molecule has 0 aromatic heterocycles. The Morgan fingerprint density at radius 3 is 2.67 bits per heavy atom. The predicted octanol–water partition coefficient (Wildman–Crippen LogP) is 2.65. The summed E-state index contributed by atoms with van der Waals surface area (Å²) < 4.78 is 27.7. The zero-order valence-electron chi connectivity index (χ0n) is 12.8. The summed E-state index contributed by atoms with van der Waals surface area (Å²) in [6.07, 6.45) is 1.68. The fourth-order valence-electron chi connectivity index (χ4n) is 2.57. The van der Waals surface area contributed by atoms with Gasteiger partial charge < -0.3 is 5.32 Å². The lowest BCUT2D eigenvalue weighted by molar-refractivity contribution is 0.361. The summed E-state index contributed by atoms with van der Waals surface area (Å²) in [4.78, 5) is 0.370. The van der Waals surface area contributed by atoms with Crippen LogP contribution in [0.5, 0.6) is 0 Å². The molecule has 0 radical (unpaired) electrons. The fourth-order valence-corrected chi connectivity index (χ4v) is 3.91. The number of nitrogens with one attached hydrogen (secondary N) is 2. The lowest BCUT2D eigenvalue weighted by atomic mass is 10.0. The van der Waals surface area contributed by atoms with Crippen LogP contribution in [0.25, 0.3) is 0 Å². The lowest BCUT2D eigenvalue weighted by Crippen LogP contribution is -2.46. The fraction of sp³-hybridized carbons (Fsp3) is 0.600. The second-order valence-electron chi connectivity index (χ2n) is 5.92. The van der Waals surface area contributed by atoms with Gasteiger partial charge in [0, 0.05) is 12.1 Å². The van der Waals surface area contributed by atoms with Gasteiger partial charge in [-0.05, 0) is 49.9 Å². The van der Waals surface area contributed by atoms with Gasteiger partial charge in [-0.25, -0.2) is 13.1 Å². The molecule has 1 heterocycles. The summed E-state index contributed by atoms with van der Waals surface area (Å²) in [5, 5.41) is 3.33. The van der Waals surface area contributed by atoms with Gasteiger partial charge in [-0.1, -0.05) is 26.0 Å². The van der Waals surface area contributed by atoms with E-state index in [4.69, 9.17) is 0 Å². The molecule has 120 valence electrons. The minimum atomic E-state index is -3.42. The van der Waals surface area contributed by atoms with Gasteiger partial charge in [-0.2, -0.15) is 0 Å². The van der Waals surface area contributed by atoms with Crippen LogP contribution in [-0.4, -0.2) is 27.0 Å². The van der Waals surface area contributed by atoms with Gasteiger partial charge in [-0.3, -0.25) is 0 Å². The van der Waals surface area contributed by atoms with Crippen LogP contribution in [0.15, 0.2) is 29.2 Å². The summed E-state index contributed by atoms with van der Waals surface area (Å²) in [5.41, 5.74) is 1.05. The number of hydrogen-bond acceptors (Lipinski definition) is 3. The molecule has 0 amide bonds. The Morgan fingerprint density at radius 2 is 2.05 bits per heavy atom. The quantitative estimate of drug-likeness (QED) is 0.891. The van der Waals surface area contributed by atoms with E-state index < -0.39 is 10.0 Å². The third kappa shape index (κ3) is 4.95. The minimum absolute atomic E-state index is 0. The summed E-state index contributed by atoms with van der Waals surface area (Å²) >= 11 is 0. The Bertz CT molecular complexity index is 561. The molecule has 2 N–H and O–H groups in total. The van der Waals surface area contributed by atoms with Gasteiger partial charge in [-0.15, -0.1) is 12.4 Å². The summed E-state index contributed by atoms with van der Waals surface area (Å²) in [6.45, 7) is 7.07. The van der Waals surface area contributed by atoms with E-state index in [0.717, 1.165) is 24.9 Å². The maximum absolute atomic E-state index is 12.5. The van der Waals surface area contributed by atoms with Gasteiger partial charge in [0.1, 0.15) is 0 Å². The van der Waals surface area contributed by atoms with E-state index in [1.54, 1.807) is 12.1 Å². The molecule has 2 unspecified atom stereocenters. The van der Waals surface area contributed by atoms with Gasteiger partial charge in [0.15, 0.2) is 0 Å². The van der Waals surface area contributed by atoms with Crippen molar-refractivity contribution in [3.8, 4) is 0 Å². The molecule has 1 aromatic carbocycles. The Balaban J connectivity index is 0.00000220. The molecule has 6 heteroatoms. The topological polar surface area (TPSA) is 58.2 Å². The number of benzene rings is 1. The molecule has 1 fully saturated rings. The van der Waals surface area contributed by atoms with Crippen molar-refractivity contribution in [2.24, 2.45) is 0 Å². The molecule has 0 aliphatic carbocycles. The first-order valence-corrected chi connectivity index (χ1v) is 8.72. The van der Waals surface area contributed by atoms with Crippen molar-refractivity contribution in [1.82, 2.24) is 10.0 Å². The van der Waals surface area contributed by atoms with Crippen molar-refractivity contribution < 1.29 is 8.42 Å². The molecule has 1 aliphatic rings. The highest BCUT2D eigenvalue weighted by molar-refractivity contribution is 7.89. The molecule has 1 aromatic rings. The van der Waals surface area contributed by atoms with Crippen molar-refractivity contribution in [2.75, 3.05) is 6.54 Å². The number of rotatable bonds is 4. The van der Waals surface area contributed by atoms with Crippen LogP contribution < -0.4 is 10.0 Å². The maximum Gasteiger partial charge on any atom is 0.240 e. The third-order valence-corrected chi connectivity index (χ3v) is 5.30. The highest BCUT2D eigenvalue weighted by atomic mass is 35.5. The number of sulfonamides is 1. The van der Waals surface area contributed by atoms with Crippen molar-refractivity contribution in [3.63, 3.8) is 0 Å². The Hall–Kier alpha value is -0.620. The van der Waals surface area contributed by atoms with Gasteiger partial charge in [0.25, 0.3) is 0 Å². The first kappa shape index (κ1) is 18.4. The minimum Gasteiger partial charge on any atom is -0.314 e. The van der Waals surface area contributed by atoms with E-state index >= 15 is 0 Å². The van der Waals surface area contributed by atoms with Crippen molar-refractivity contribution in [3.05, 3.63) is 29.8 Å². The van der Waals surface area contributed by atoms with Crippen LogP contribution >= 0.6 is 12.4 Å². The van der Waals surface area contributed by atoms with Crippen LogP contribution in [0.3, 0.4) is 0 Å². The lowest BCUT2D eigenvalue weighted by Gasteiger charge is -2.28. The van der Waals surface area contributed by atoms with Gasteiger partial charge in [0.2, 0.25) is 10.0 Å². The molecule has 21 heavy (non-hydrogen) atoms. The monoisotopic (exact) mass is 332 g/mol. The zero-order valence-corrected chi connectivity index (χ0v) is 14.4. The molecule has 2 rings (SSSR count). The van der Waals surface area contributed by atoms with E-state index in [9.17, 15) is 8.42 Å². The number of hydrogen-bond donors (Lipinski definition) is 2. The number of halogens is 1. The van der Waals surface area contributed by atoms with Crippen LogP contribution in [0.4, 0.5) is 0 Å². The molecule has 2 atom stereocenters. The molecule has 0 bridgehead atoms. The van der Waals surface area contributed by atoms with E-state index in [1.165, 1.54) is 0 Å². The Kier molecular flexibility index (Phi) is 6.66. The normalized spacial score (nSPS) is 22.9. The first-order valence-electron chi connectivity index (χ1n) is 7.24. The zero-order chi connectivity index (χ0) is 14.8. The third-order valence-electron chi connectivity index (χ3n) is 3.78. The predicted molar refractivity (Wildman–Crippen MR) is 88.6 cm³/mol. The average Bonchev–Trinajstić information content (AvgIpc) is 2.38. The second kappa shape index (κ2) is 7.58. The molecular formula is C15H25ClN2O2S. The van der Waals surface area contributed by atoms with Crippen molar-refractivity contribution in [1.29, 1.82) is 0 Å². The largest absolute Gasteiger partial charge is 0.314 e. The standard InChI is InChI=1S/C15H24N2O2S.ClH/c1-11(2)13-5-4-6-15(10-13)20(18,19)17-14-7-8-16-12(3)9-14;/h4-6,10-12,14,16-17H,7-9H2,1-3H3;1H. The van der Waals surface area contributed by atoms with Crippen LogP contribution in [0.1, 0.15) is 45.1 Å². The molecule has 1 aliphatic heterocycles. The highest BCUT2D eigenvalue weighted by Gasteiger charge is 2.24. The molecule has 0 saturated carbocycles. The second-order valence-corrected chi connectivity index (χ2v) is 7.64. The summed E-state index contributed by atoms with van der Waals surface area (Å²) in [5.74, 6) is 0.323. The van der Waals surface area contributed by atoms with Gasteiger partial charge in [0.05, 0.1) is 4.90 Å². The smallest absolute Gasteiger partial charge is 0.240 e. The molecular weight excluding hydrogens is 308 g/mol. The first-order chi connectivity index (χ1) is 9.38. The van der Waals surface area contributed by atoms with Crippen molar-refractivity contribution >= 4 is 22.4 Å². The van der Waals surface area contributed by atoms with E-state index in [1.807, 2.05) is 12.1 Å². The van der Waals surface area contributed by atoms with E-state index in [0.29, 0.717) is 16.9 Å².